The van der Waals surface area contributed by atoms with E-state index in [0.717, 1.165) is 6.07 Å². The van der Waals surface area contributed by atoms with Crippen LogP contribution in [0.5, 0.6) is 5.75 Å². The summed E-state index contributed by atoms with van der Waals surface area (Å²) in [7, 11) is 0. The molecule has 0 saturated carbocycles. The Hall–Kier alpha value is -2.40. The van der Waals surface area contributed by atoms with Gasteiger partial charge in [-0.2, -0.15) is 4.98 Å². The highest BCUT2D eigenvalue weighted by atomic mass is 32.1. The molecule has 2 aromatic heterocycles. The maximum absolute atomic E-state index is 14.5. The van der Waals surface area contributed by atoms with E-state index in [9.17, 15) is 17.6 Å². The minimum atomic E-state index is -5.06. The van der Waals surface area contributed by atoms with Crippen molar-refractivity contribution in [3.05, 3.63) is 23.5 Å². The van der Waals surface area contributed by atoms with Crippen molar-refractivity contribution in [2.24, 2.45) is 0 Å². The summed E-state index contributed by atoms with van der Waals surface area (Å²) in [5, 5.41) is 5.29. The summed E-state index contributed by atoms with van der Waals surface area (Å²) >= 11 is 1.21. The molecule has 4 rings (SSSR count). The molecule has 1 aromatic carbocycles. The number of benzene rings is 1. The lowest BCUT2D eigenvalue weighted by molar-refractivity contribution is -0.275. The number of nitrogens with one attached hydrogen (secondary N) is 1. The van der Waals surface area contributed by atoms with Crippen LogP contribution in [0.25, 0.3) is 21.7 Å². The van der Waals surface area contributed by atoms with E-state index < -0.39 is 17.9 Å². The average molecular weight is 402 g/mol. The molecule has 1 fully saturated rings. The fourth-order valence-corrected chi connectivity index (χ4v) is 3.64. The Morgan fingerprint density at radius 2 is 2.22 bits per heavy atom. The van der Waals surface area contributed by atoms with E-state index in [1.807, 2.05) is 11.8 Å². The van der Waals surface area contributed by atoms with E-state index in [1.165, 1.54) is 17.5 Å². The number of rotatable bonds is 3. The Balaban J connectivity index is 1.91. The Kier molecular flexibility index (Phi) is 4.42. The normalized spacial score (nSPS) is 18.3. The predicted octanol–water partition coefficient (Wildman–Crippen LogP) is 3.79. The first kappa shape index (κ1) is 18.0. The zero-order valence-corrected chi connectivity index (χ0v) is 14.8. The fourth-order valence-electron chi connectivity index (χ4n) is 2.99. The quantitative estimate of drug-likeness (QED) is 0.673. The third-order valence-electron chi connectivity index (χ3n) is 4.19. The molecule has 6 nitrogen and oxygen atoms in total. The summed E-state index contributed by atoms with van der Waals surface area (Å²) in [5.41, 5.74) is -0.0850. The van der Waals surface area contributed by atoms with Gasteiger partial charge in [-0.25, -0.2) is 9.37 Å². The topological polar surface area (TPSA) is 63.4 Å². The standard InChI is InChI=1S/C16H14F4N4O2S/c1-8-7-21-2-4-24(8)15-23-11-12(25-15)9(14-22-3-5-27-14)6-10(17)13(11)26-16(18,19)20/h3,5-6,8,21H,2,4,7H2,1H3/t8-/m0/s1. The van der Waals surface area contributed by atoms with Gasteiger partial charge < -0.3 is 19.4 Å². The van der Waals surface area contributed by atoms with E-state index in [-0.39, 0.29) is 28.7 Å². The molecule has 0 bridgehead atoms. The molecule has 11 heteroatoms. The fraction of sp³-hybridized carbons (Fsp3) is 0.375. The SMILES string of the molecule is C[C@H]1CNCCN1c1nc2c(OC(F)(F)F)c(F)cc(-c3nccs3)c2o1. The molecule has 144 valence electrons. The third kappa shape index (κ3) is 3.44. The maximum Gasteiger partial charge on any atom is 0.573 e. The zero-order chi connectivity index (χ0) is 19.2. The molecule has 1 saturated heterocycles. The number of aromatic nitrogens is 2. The molecule has 1 N–H and O–H groups in total. The van der Waals surface area contributed by atoms with Crippen LogP contribution in [-0.4, -0.2) is 42.0 Å². The Bertz CT molecular complexity index is 958. The van der Waals surface area contributed by atoms with Crippen molar-refractivity contribution in [1.29, 1.82) is 0 Å². The lowest BCUT2D eigenvalue weighted by atomic mass is 10.2. The van der Waals surface area contributed by atoms with Gasteiger partial charge in [0.1, 0.15) is 5.01 Å². The number of piperazine rings is 1. The minimum Gasteiger partial charge on any atom is -0.422 e. The number of halogens is 4. The molecular formula is C16H14F4N4O2S. The van der Waals surface area contributed by atoms with E-state index in [4.69, 9.17) is 4.42 Å². The van der Waals surface area contributed by atoms with Crippen molar-refractivity contribution in [2.75, 3.05) is 24.5 Å². The van der Waals surface area contributed by atoms with E-state index in [1.54, 1.807) is 5.38 Å². The number of hydrogen-bond donors (Lipinski definition) is 1. The van der Waals surface area contributed by atoms with E-state index in [0.29, 0.717) is 24.6 Å². The molecular weight excluding hydrogens is 388 g/mol. The second-order valence-electron chi connectivity index (χ2n) is 6.04. The number of thiazole rings is 1. The van der Waals surface area contributed by atoms with Crippen molar-refractivity contribution >= 4 is 28.5 Å². The smallest absolute Gasteiger partial charge is 0.422 e. The predicted molar refractivity (Wildman–Crippen MR) is 91.4 cm³/mol. The lowest BCUT2D eigenvalue weighted by Crippen LogP contribution is -2.50. The van der Waals surface area contributed by atoms with Gasteiger partial charge in [0.25, 0.3) is 6.01 Å². The highest BCUT2D eigenvalue weighted by Gasteiger charge is 2.36. The van der Waals surface area contributed by atoms with Crippen molar-refractivity contribution in [1.82, 2.24) is 15.3 Å². The van der Waals surface area contributed by atoms with Crippen molar-refractivity contribution in [3.63, 3.8) is 0 Å². The van der Waals surface area contributed by atoms with E-state index >= 15 is 0 Å². The molecule has 0 aliphatic carbocycles. The summed E-state index contributed by atoms with van der Waals surface area (Å²) in [4.78, 5) is 10.1. The molecule has 1 atom stereocenters. The molecule has 1 aliphatic rings. The summed E-state index contributed by atoms with van der Waals surface area (Å²) in [5.74, 6) is -2.19. The molecule has 0 spiro atoms. The second kappa shape index (κ2) is 6.64. The van der Waals surface area contributed by atoms with Crippen molar-refractivity contribution < 1.29 is 26.7 Å². The molecule has 0 amide bonds. The Morgan fingerprint density at radius 1 is 1.41 bits per heavy atom. The average Bonchev–Trinajstić information content (AvgIpc) is 3.26. The second-order valence-corrected chi connectivity index (χ2v) is 6.94. The highest BCUT2D eigenvalue weighted by molar-refractivity contribution is 7.13. The number of hydrogen-bond acceptors (Lipinski definition) is 7. The summed E-state index contributed by atoms with van der Waals surface area (Å²) in [6, 6.07) is 1.06. The number of fused-ring (bicyclic) bond motifs is 1. The lowest BCUT2D eigenvalue weighted by Gasteiger charge is -2.32. The maximum atomic E-state index is 14.5. The summed E-state index contributed by atoms with van der Waals surface area (Å²) in [6.07, 6.45) is -3.54. The zero-order valence-electron chi connectivity index (χ0n) is 14.0. The van der Waals surface area contributed by atoms with Crippen molar-refractivity contribution in [3.8, 4) is 16.3 Å². The van der Waals surface area contributed by atoms with Gasteiger partial charge in [0, 0.05) is 37.3 Å². The Morgan fingerprint density at radius 3 is 2.89 bits per heavy atom. The molecule has 0 radical (unpaired) electrons. The molecule has 1 aliphatic heterocycles. The number of nitrogens with zero attached hydrogens (tertiary/aromatic N) is 3. The van der Waals surface area contributed by atoms with Crippen molar-refractivity contribution in [2.45, 2.75) is 19.3 Å². The van der Waals surface area contributed by atoms with Crippen LogP contribution < -0.4 is 15.0 Å². The van der Waals surface area contributed by atoms with E-state index in [2.05, 4.69) is 20.0 Å². The van der Waals surface area contributed by atoms with Crippen LogP contribution in [0.2, 0.25) is 0 Å². The molecule has 27 heavy (non-hydrogen) atoms. The summed E-state index contributed by atoms with van der Waals surface area (Å²) < 4.78 is 62.5. The van der Waals surface area contributed by atoms with Gasteiger partial charge in [0.2, 0.25) is 0 Å². The molecule has 0 unspecified atom stereocenters. The van der Waals surface area contributed by atoms with Crippen LogP contribution >= 0.6 is 11.3 Å². The Labute approximate surface area is 154 Å². The third-order valence-corrected chi connectivity index (χ3v) is 5.00. The first-order chi connectivity index (χ1) is 12.8. The number of anilines is 1. The number of ether oxygens (including phenoxy) is 1. The first-order valence-corrected chi connectivity index (χ1v) is 8.97. The van der Waals surface area contributed by atoms with Crippen LogP contribution in [-0.2, 0) is 0 Å². The van der Waals surface area contributed by atoms with Crippen LogP contribution in [0, 0.1) is 5.82 Å². The molecule has 3 aromatic rings. The molecule has 3 heterocycles. The van der Waals surface area contributed by atoms with Gasteiger partial charge in [0.15, 0.2) is 22.7 Å². The van der Waals surface area contributed by atoms with Crippen LogP contribution in [0.3, 0.4) is 0 Å². The number of alkyl halides is 3. The van der Waals surface area contributed by atoms with Gasteiger partial charge in [-0.1, -0.05) is 0 Å². The van der Waals surface area contributed by atoms with Gasteiger partial charge in [-0.05, 0) is 13.0 Å². The van der Waals surface area contributed by atoms with Gasteiger partial charge in [0.05, 0.1) is 5.56 Å². The van der Waals surface area contributed by atoms with Crippen LogP contribution in [0.15, 0.2) is 22.1 Å². The summed E-state index contributed by atoms with van der Waals surface area (Å²) in [6.45, 7) is 3.82. The monoisotopic (exact) mass is 402 g/mol. The number of oxazole rings is 1. The van der Waals surface area contributed by atoms with Gasteiger partial charge in [-0.3, -0.25) is 0 Å². The first-order valence-electron chi connectivity index (χ1n) is 8.09. The minimum absolute atomic E-state index is 0.00586. The highest BCUT2D eigenvalue weighted by Crippen LogP contribution is 2.41. The van der Waals surface area contributed by atoms with Gasteiger partial charge >= 0.3 is 6.36 Å². The largest absolute Gasteiger partial charge is 0.573 e. The van der Waals surface area contributed by atoms with Crippen LogP contribution in [0.1, 0.15) is 6.92 Å². The van der Waals surface area contributed by atoms with Gasteiger partial charge in [-0.15, -0.1) is 24.5 Å². The van der Waals surface area contributed by atoms with Crippen LogP contribution in [0.4, 0.5) is 23.6 Å².